The van der Waals surface area contributed by atoms with E-state index in [2.05, 4.69) is 52.2 Å². The third-order valence-corrected chi connectivity index (χ3v) is 11.2. The number of amides is 7. The van der Waals surface area contributed by atoms with Crippen LogP contribution in [0.5, 0.6) is 0 Å². The Kier molecular flexibility index (Phi) is 24.7. The Morgan fingerprint density at radius 1 is 0.720 bits per heavy atom. The lowest BCUT2D eigenvalue weighted by molar-refractivity contribution is -0.175. The summed E-state index contributed by atoms with van der Waals surface area (Å²) in [5.74, 6) is -12.5. The zero-order chi connectivity index (χ0) is 55.8. The number of aliphatic imine (C=N–C) groups is 1. The minimum absolute atomic E-state index is 0.00981. The number of aliphatic carboxylic acids is 1. The van der Waals surface area contributed by atoms with Crippen molar-refractivity contribution in [3.05, 3.63) is 46.3 Å². The Morgan fingerprint density at radius 2 is 1.28 bits per heavy atom. The molecule has 0 bridgehead atoms. The molecule has 7 amide bonds. The van der Waals surface area contributed by atoms with Crippen molar-refractivity contribution in [3.8, 4) is 0 Å². The molecule has 1 aromatic carbocycles. The van der Waals surface area contributed by atoms with Gasteiger partial charge in [0.2, 0.25) is 41.7 Å². The van der Waals surface area contributed by atoms with E-state index in [0.29, 0.717) is 5.56 Å². The topological polar surface area (TPSA) is 459 Å². The molecule has 1 saturated heterocycles. The predicted molar refractivity (Wildman–Crippen MR) is 256 cm³/mol. The van der Waals surface area contributed by atoms with Gasteiger partial charge in [0.15, 0.2) is 5.96 Å². The minimum Gasteiger partial charge on any atom is -0.481 e. The third-order valence-electron chi connectivity index (χ3n) is 11.2. The molecule has 1 heterocycles. The van der Waals surface area contributed by atoms with E-state index in [4.69, 9.17) is 35.9 Å². The van der Waals surface area contributed by atoms with Crippen LogP contribution in [-0.2, 0) is 82.9 Å². The zero-order valence-electron chi connectivity index (χ0n) is 41.6. The van der Waals surface area contributed by atoms with Gasteiger partial charge in [0.25, 0.3) is 11.8 Å². The van der Waals surface area contributed by atoms with Gasteiger partial charge >= 0.3 is 29.8 Å². The van der Waals surface area contributed by atoms with Crippen LogP contribution in [-0.4, -0.2) is 163 Å². The average Bonchev–Trinajstić information content (AvgIpc) is 3.32. The normalized spacial score (nSPS) is 23.0. The zero-order valence-corrected chi connectivity index (χ0v) is 41.6. The van der Waals surface area contributed by atoms with Crippen LogP contribution < -0.4 is 48.7 Å². The number of benzene rings is 1. The van der Waals surface area contributed by atoms with Gasteiger partial charge in [0.05, 0.1) is 25.0 Å². The number of azide groups is 1. The Balaban J connectivity index is 1.90. The number of nitrogens with two attached hydrogens (primary N) is 2. The molecule has 2 fully saturated rings. The standard InChI is InChI=1S/C45H63N13O17/c1-22(59)72-33-19-30(57-58-48)34(73-23(2)60)18-29(33)55-44(71)38(75-25(4)62)37(74-24(3)61)43(70)49-15-9-8-13-28-40(67)53-27(14-10-16-50-45(46)47)39(66)51-21-35(63)52-32(20-36(64)65)42(69)56-31(41(68)54-28)17-26-11-6-5-7-12-26/h5-7,11-12,27-34,37-38H,8-10,13-21H2,1-4H3,(H,49,70)(H,51,66)(H,52,63)(H,53,67)(H,54,68)(H,55,71)(H,56,69)(H,64,65)(H4,46,47,50)/t27-,28-,29+,30+,31+,32-,33+,34+,37+,38+/m0/s1. The van der Waals surface area contributed by atoms with Gasteiger partial charge in [-0.1, -0.05) is 35.4 Å². The summed E-state index contributed by atoms with van der Waals surface area (Å²) < 4.78 is 21.1. The molecular weight excluding hydrogens is 995 g/mol. The Labute approximate surface area is 428 Å². The van der Waals surface area contributed by atoms with Gasteiger partial charge in [-0.3, -0.25) is 62.5 Å². The van der Waals surface area contributed by atoms with Gasteiger partial charge in [-0.2, -0.15) is 0 Å². The molecule has 0 aromatic heterocycles. The number of unbranched alkanes of at least 4 members (excludes halogenated alkanes) is 1. The maximum Gasteiger partial charge on any atom is 0.305 e. The fourth-order valence-corrected chi connectivity index (χ4v) is 7.89. The van der Waals surface area contributed by atoms with E-state index >= 15 is 0 Å². The van der Waals surface area contributed by atoms with Crippen LogP contribution in [0.3, 0.4) is 0 Å². The summed E-state index contributed by atoms with van der Waals surface area (Å²) in [5, 5.41) is 30.4. The first-order chi connectivity index (χ1) is 35.5. The van der Waals surface area contributed by atoms with Crippen molar-refractivity contribution in [1.82, 2.24) is 37.2 Å². The van der Waals surface area contributed by atoms with E-state index < -0.39 is 145 Å². The van der Waals surface area contributed by atoms with Crippen molar-refractivity contribution in [1.29, 1.82) is 0 Å². The number of nitrogens with zero attached hydrogens (tertiary/aromatic N) is 4. The number of carboxylic acid groups (broad SMARTS) is 1. The van der Waals surface area contributed by atoms with Gasteiger partial charge < -0.3 is 72.7 Å². The lowest BCUT2D eigenvalue weighted by atomic mass is 9.86. The molecule has 12 N–H and O–H groups in total. The summed E-state index contributed by atoms with van der Waals surface area (Å²) in [6.07, 6.45) is -8.34. The lowest BCUT2D eigenvalue weighted by Gasteiger charge is -2.39. The summed E-state index contributed by atoms with van der Waals surface area (Å²) in [6.45, 7) is 2.99. The highest BCUT2D eigenvalue weighted by molar-refractivity contribution is 5.98. The second-order valence-electron chi connectivity index (χ2n) is 17.3. The highest BCUT2D eigenvalue weighted by atomic mass is 16.6. The fraction of sp³-hybridized carbons (Fsp3) is 0.578. The Hall–Kier alpha value is -8.56. The molecule has 1 aromatic rings. The van der Waals surface area contributed by atoms with Crippen LogP contribution in [0, 0.1) is 0 Å². The largest absolute Gasteiger partial charge is 0.481 e. The second kappa shape index (κ2) is 30.5. The molecule has 2 aliphatic rings. The van der Waals surface area contributed by atoms with Crippen molar-refractivity contribution >= 4 is 77.2 Å². The maximum absolute atomic E-state index is 14.1. The maximum atomic E-state index is 14.1. The Bertz CT molecular complexity index is 2340. The number of guanidine groups is 1. The number of hydrogen-bond acceptors (Lipinski definition) is 18. The molecule has 3 rings (SSSR count). The van der Waals surface area contributed by atoms with Crippen molar-refractivity contribution in [2.45, 2.75) is 146 Å². The quantitative estimate of drug-likeness (QED) is 0.00799. The monoisotopic (exact) mass is 1060 g/mol. The summed E-state index contributed by atoms with van der Waals surface area (Å²) in [7, 11) is 0. The highest BCUT2D eigenvalue weighted by Crippen LogP contribution is 2.28. The number of nitrogens with one attached hydrogen (secondary N) is 7. The molecule has 1 aliphatic heterocycles. The van der Waals surface area contributed by atoms with Crippen molar-refractivity contribution < 1.29 is 81.6 Å². The van der Waals surface area contributed by atoms with Gasteiger partial charge in [-0.25, -0.2) is 0 Å². The van der Waals surface area contributed by atoms with Crippen LogP contribution in [0.1, 0.15) is 84.6 Å². The molecule has 30 heteroatoms. The smallest absolute Gasteiger partial charge is 0.305 e. The number of esters is 4. The summed E-state index contributed by atoms with van der Waals surface area (Å²) >= 11 is 0. The van der Waals surface area contributed by atoms with Crippen LogP contribution in [0.2, 0.25) is 0 Å². The lowest BCUT2D eigenvalue weighted by Crippen LogP contribution is -2.59. The Morgan fingerprint density at radius 3 is 1.87 bits per heavy atom. The van der Waals surface area contributed by atoms with Crippen LogP contribution in [0.25, 0.3) is 10.4 Å². The molecule has 1 saturated carbocycles. The molecule has 75 heavy (non-hydrogen) atoms. The number of carbonyl (C=O) groups is 12. The first kappa shape index (κ1) is 60.7. The number of carbonyl (C=O) groups excluding carboxylic acids is 11. The number of hydrogen-bond donors (Lipinski definition) is 10. The first-order valence-corrected chi connectivity index (χ1v) is 23.6. The predicted octanol–water partition coefficient (Wildman–Crippen LogP) is -3.20. The molecule has 0 unspecified atom stereocenters. The molecule has 410 valence electrons. The average molecular weight is 1060 g/mol. The number of carboxylic acids is 1. The van der Waals surface area contributed by atoms with E-state index in [9.17, 15) is 62.6 Å². The highest BCUT2D eigenvalue weighted by Gasteiger charge is 2.45. The molecule has 10 atom stereocenters. The van der Waals surface area contributed by atoms with Crippen LogP contribution >= 0.6 is 0 Å². The number of rotatable bonds is 22. The summed E-state index contributed by atoms with van der Waals surface area (Å²) in [6, 6.07) is 0.101. The van der Waals surface area contributed by atoms with Crippen LogP contribution in [0.15, 0.2) is 40.4 Å². The molecule has 0 radical (unpaired) electrons. The van der Waals surface area contributed by atoms with Gasteiger partial charge in [-0.15, -0.1) is 0 Å². The first-order valence-electron chi connectivity index (χ1n) is 23.6. The molecular formula is C45H63N13O17. The molecule has 30 nitrogen and oxygen atoms in total. The van der Waals surface area contributed by atoms with Crippen LogP contribution in [0.4, 0.5) is 0 Å². The summed E-state index contributed by atoms with van der Waals surface area (Å²) in [4.78, 5) is 163. The number of ether oxygens (including phenoxy) is 4. The van der Waals surface area contributed by atoms with E-state index in [1.165, 1.54) is 0 Å². The second-order valence-corrected chi connectivity index (χ2v) is 17.3. The third kappa shape index (κ3) is 21.6. The molecule has 0 spiro atoms. The van der Waals surface area contributed by atoms with Gasteiger partial charge in [0.1, 0.15) is 36.4 Å². The fourth-order valence-electron chi connectivity index (χ4n) is 7.89. The van der Waals surface area contributed by atoms with Gasteiger partial charge in [-0.05, 0) is 49.6 Å². The van der Waals surface area contributed by atoms with Crippen molar-refractivity contribution in [2.75, 3.05) is 19.6 Å². The van der Waals surface area contributed by atoms with E-state index in [1.54, 1.807) is 30.3 Å². The molecule has 1 aliphatic carbocycles. The van der Waals surface area contributed by atoms with Gasteiger partial charge in [0, 0.05) is 58.5 Å². The summed E-state index contributed by atoms with van der Waals surface area (Å²) in [5.41, 5.74) is 20.5. The van der Waals surface area contributed by atoms with Crippen molar-refractivity contribution in [3.63, 3.8) is 0 Å². The van der Waals surface area contributed by atoms with Crippen molar-refractivity contribution in [2.24, 2.45) is 21.6 Å². The van der Waals surface area contributed by atoms with E-state index in [-0.39, 0.29) is 70.4 Å². The van der Waals surface area contributed by atoms with E-state index in [0.717, 1.165) is 27.7 Å². The SMILES string of the molecule is CC(=O)O[C@@H]1C[C@@H](NC(=O)[C@H](OC(C)=O)[C@@H](OC(C)=O)C(=O)NCCCC[C@@H]2NC(=O)[C@@H](Cc3ccccc3)NC(=O)[C@H](CC(=O)O)NC(=O)CNC(=O)[C@H](CCCN=C(N)N)NC2=O)[C@H](OC(C)=O)C[C@H]1N=[N+]=[N-]. The minimum atomic E-state index is -2.17. The van der Waals surface area contributed by atoms with E-state index in [1.807, 2.05) is 0 Å².